The molecule has 0 saturated carbocycles. The summed E-state index contributed by atoms with van der Waals surface area (Å²) >= 11 is 0. The van der Waals surface area contributed by atoms with E-state index in [1.165, 1.54) is 0 Å². The summed E-state index contributed by atoms with van der Waals surface area (Å²) in [4.78, 5) is 14.2. The Morgan fingerprint density at radius 1 is 1.40 bits per heavy atom. The van der Waals surface area contributed by atoms with Crippen molar-refractivity contribution in [3.63, 3.8) is 0 Å². The van der Waals surface area contributed by atoms with Crippen LogP contribution in [0.3, 0.4) is 0 Å². The van der Waals surface area contributed by atoms with Gasteiger partial charge in [0.15, 0.2) is 0 Å². The van der Waals surface area contributed by atoms with Gasteiger partial charge in [-0.3, -0.25) is 4.79 Å². The van der Waals surface area contributed by atoms with Gasteiger partial charge in [0.05, 0.1) is 18.8 Å². The van der Waals surface area contributed by atoms with Gasteiger partial charge in [-0.1, -0.05) is 30.3 Å². The van der Waals surface area contributed by atoms with E-state index in [0.717, 1.165) is 5.56 Å². The molecule has 1 aliphatic heterocycles. The number of carbonyl (C=O) groups excluding carboxylic acids is 1. The highest BCUT2D eigenvalue weighted by molar-refractivity contribution is 5.76. The van der Waals surface area contributed by atoms with E-state index >= 15 is 0 Å². The highest BCUT2D eigenvalue weighted by atomic mass is 16.5. The molecule has 1 amide bonds. The highest BCUT2D eigenvalue weighted by Crippen LogP contribution is 2.18. The Kier molecular flexibility index (Phi) is 5.15. The minimum absolute atomic E-state index is 0.0751. The zero-order valence-electron chi connectivity index (χ0n) is 12.3. The third-order valence-electron chi connectivity index (χ3n) is 3.83. The zero-order chi connectivity index (χ0) is 14.5. The third kappa shape index (κ3) is 3.81. The largest absolute Gasteiger partial charge is 0.375 e. The summed E-state index contributed by atoms with van der Waals surface area (Å²) in [5.74, 6) is 0.180. The van der Waals surface area contributed by atoms with Gasteiger partial charge in [0, 0.05) is 19.0 Å². The first-order valence-corrected chi connectivity index (χ1v) is 7.29. The van der Waals surface area contributed by atoms with Gasteiger partial charge in [-0.05, 0) is 25.8 Å². The number of nitrogens with zero attached hydrogens (tertiary/aromatic N) is 1. The van der Waals surface area contributed by atoms with Crippen molar-refractivity contribution in [2.75, 3.05) is 13.2 Å². The van der Waals surface area contributed by atoms with Crippen LogP contribution in [0.5, 0.6) is 0 Å². The van der Waals surface area contributed by atoms with Gasteiger partial charge in [-0.2, -0.15) is 0 Å². The Bertz CT molecular complexity index is 435. The van der Waals surface area contributed by atoms with E-state index in [-0.39, 0.29) is 24.1 Å². The zero-order valence-corrected chi connectivity index (χ0v) is 12.3. The van der Waals surface area contributed by atoms with Crippen molar-refractivity contribution >= 4 is 5.91 Å². The lowest BCUT2D eigenvalue weighted by molar-refractivity contribution is -0.143. The lowest BCUT2D eigenvalue weighted by Gasteiger charge is -2.37. The number of hydrogen-bond donors (Lipinski definition) is 1. The molecule has 0 aromatic heterocycles. The van der Waals surface area contributed by atoms with Crippen molar-refractivity contribution in [3.8, 4) is 0 Å². The molecule has 1 aromatic rings. The molecular formula is C16H24N2O2. The van der Waals surface area contributed by atoms with Crippen LogP contribution in [0.1, 0.15) is 38.3 Å². The summed E-state index contributed by atoms with van der Waals surface area (Å²) in [7, 11) is 0. The van der Waals surface area contributed by atoms with Gasteiger partial charge in [-0.15, -0.1) is 0 Å². The first-order valence-electron chi connectivity index (χ1n) is 7.29. The van der Waals surface area contributed by atoms with Crippen molar-refractivity contribution in [2.24, 2.45) is 5.73 Å². The monoisotopic (exact) mass is 276 g/mol. The van der Waals surface area contributed by atoms with Crippen LogP contribution in [0.2, 0.25) is 0 Å². The van der Waals surface area contributed by atoms with E-state index in [9.17, 15) is 4.79 Å². The normalized spacial score (nSPS) is 24.4. The SMILES string of the molecule is C[C@@H]1CN(C(=O)CC[C@H](N)c2ccccc2)[C@@H](C)CO1. The molecule has 0 radical (unpaired) electrons. The average Bonchev–Trinajstić information content (AvgIpc) is 2.47. The molecule has 4 heteroatoms. The van der Waals surface area contributed by atoms with Crippen molar-refractivity contribution in [2.45, 2.75) is 44.9 Å². The maximum atomic E-state index is 12.3. The van der Waals surface area contributed by atoms with Crippen LogP contribution >= 0.6 is 0 Å². The second-order valence-corrected chi connectivity index (χ2v) is 5.59. The number of amides is 1. The summed E-state index contributed by atoms with van der Waals surface area (Å²) in [6.45, 7) is 5.33. The molecule has 0 bridgehead atoms. The quantitative estimate of drug-likeness (QED) is 0.916. The van der Waals surface area contributed by atoms with E-state index in [4.69, 9.17) is 10.5 Å². The van der Waals surface area contributed by atoms with Crippen LogP contribution in [0, 0.1) is 0 Å². The number of benzene rings is 1. The van der Waals surface area contributed by atoms with Gasteiger partial charge < -0.3 is 15.4 Å². The van der Waals surface area contributed by atoms with Crippen molar-refractivity contribution in [1.29, 1.82) is 0 Å². The summed E-state index contributed by atoms with van der Waals surface area (Å²) in [6.07, 6.45) is 1.30. The number of rotatable bonds is 4. The smallest absolute Gasteiger partial charge is 0.223 e. The summed E-state index contributed by atoms with van der Waals surface area (Å²) in [6, 6.07) is 10.0. The predicted molar refractivity (Wildman–Crippen MR) is 79.2 cm³/mol. The first-order chi connectivity index (χ1) is 9.58. The number of nitrogens with two attached hydrogens (primary N) is 1. The lowest BCUT2D eigenvalue weighted by atomic mass is 10.0. The predicted octanol–water partition coefficient (Wildman–Crippen LogP) is 2.10. The van der Waals surface area contributed by atoms with Gasteiger partial charge in [0.1, 0.15) is 0 Å². The number of hydrogen-bond acceptors (Lipinski definition) is 3. The van der Waals surface area contributed by atoms with E-state index in [1.807, 2.05) is 49.1 Å². The number of carbonyl (C=O) groups is 1. The molecule has 0 aliphatic carbocycles. The second-order valence-electron chi connectivity index (χ2n) is 5.59. The first kappa shape index (κ1) is 15.0. The van der Waals surface area contributed by atoms with Crippen molar-refractivity contribution in [3.05, 3.63) is 35.9 Å². The fourth-order valence-corrected chi connectivity index (χ4v) is 2.54. The maximum Gasteiger partial charge on any atom is 0.223 e. The number of morpholine rings is 1. The minimum Gasteiger partial charge on any atom is -0.375 e. The summed E-state index contributed by atoms with van der Waals surface area (Å²) in [5.41, 5.74) is 7.23. The molecule has 1 aliphatic rings. The molecule has 3 atom stereocenters. The van der Waals surface area contributed by atoms with Crippen LogP contribution in [-0.2, 0) is 9.53 Å². The lowest BCUT2D eigenvalue weighted by Crippen LogP contribution is -2.50. The molecule has 1 saturated heterocycles. The van der Waals surface area contributed by atoms with Crippen LogP contribution in [0.25, 0.3) is 0 Å². The Balaban J connectivity index is 1.85. The summed E-state index contributed by atoms with van der Waals surface area (Å²) in [5, 5.41) is 0. The van der Waals surface area contributed by atoms with Gasteiger partial charge in [0.25, 0.3) is 0 Å². The van der Waals surface area contributed by atoms with Gasteiger partial charge in [-0.25, -0.2) is 0 Å². The van der Waals surface area contributed by atoms with E-state index in [0.29, 0.717) is 26.0 Å². The maximum absolute atomic E-state index is 12.3. The fraction of sp³-hybridized carbons (Fsp3) is 0.562. The van der Waals surface area contributed by atoms with Crippen LogP contribution < -0.4 is 5.73 Å². The topological polar surface area (TPSA) is 55.6 Å². The molecule has 1 aromatic carbocycles. The molecule has 2 N–H and O–H groups in total. The average molecular weight is 276 g/mol. The fourth-order valence-electron chi connectivity index (χ4n) is 2.54. The van der Waals surface area contributed by atoms with Crippen molar-refractivity contribution < 1.29 is 9.53 Å². The molecule has 1 heterocycles. The molecule has 4 nitrogen and oxygen atoms in total. The molecule has 110 valence electrons. The second kappa shape index (κ2) is 6.86. The molecule has 20 heavy (non-hydrogen) atoms. The third-order valence-corrected chi connectivity index (χ3v) is 3.83. The highest BCUT2D eigenvalue weighted by Gasteiger charge is 2.27. The molecule has 0 unspecified atom stereocenters. The number of ether oxygens (including phenoxy) is 1. The molecule has 0 spiro atoms. The van der Waals surface area contributed by atoms with Gasteiger partial charge in [0.2, 0.25) is 5.91 Å². The molecule has 2 rings (SSSR count). The molecular weight excluding hydrogens is 252 g/mol. The Morgan fingerprint density at radius 3 is 2.80 bits per heavy atom. The van der Waals surface area contributed by atoms with Crippen molar-refractivity contribution in [1.82, 2.24) is 4.90 Å². The summed E-state index contributed by atoms with van der Waals surface area (Å²) < 4.78 is 5.55. The van der Waals surface area contributed by atoms with E-state index in [2.05, 4.69) is 0 Å². The van der Waals surface area contributed by atoms with Crippen LogP contribution in [0.4, 0.5) is 0 Å². The van der Waals surface area contributed by atoms with Crippen LogP contribution in [-0.4, -0.2) is 36.1 Å². The van der Waals surface area contributed by atoms with E-state index in [1.54, 1.807) is 0 Å². The Morgan fingerprint density at radius 2 is 2.10 bits per heavy atom. The van der Waals surface area contributed by atoms with E-state index < -0.39 is 0 Å². The van der Waals surface area contributed by atoms with Gasteiger partial charge >= 0.3 is 0 Å². The minimum atomic E-state index is -0.0751. The Hall–Kier alpha value is -1.39. The standard InChI is InChI=1S/C16H24N2O2/c1-12-11-20-13(2)10-18(12)16(19)9-8-15(17)14-6-4-3-5-7-14/h3-7,12-13,15H,8-11,17H2,1-2H3/t12-,13+,15-/m0/s1. The Labute approximate surface area is 120 Å². The molecule has 1 fully saturated rings. The van der Waals surface area contributed by atoms with Crippen LogP contribution in [0.15, 0.2) is 30.3 Å².